The van der Waals surface area contributed by atoms with E-state index in [2.05, 4.69) is 40.2 Å². The molecule has 0 N–H and O–H groups in total. The maximum atomic E-state index is 5.72. The van der Waals surface area contributed by atoms with Gasteiger partial charge >= 0.3 is 0 Å². The summed E-state index contributed by atoms with van der Waals surface area (Å²) in [6, 6.07) is 8.48. The molecule has 88 valence electrons. The van der Waals surface area contributed by atoms with Crippen molar-refractivity contribution in [3.05, 3.63) is 29.8 Å². The fourth-order valence-electron chi connectivity index (χ4n) is 2.51. The maximum absolute atomic E-state index is 5.72. The van der Waals surface area contributed by atoms with Crippen molar-refractivity contribution in [2.45, 2.75) is 43.4 Å². The van der Waals surface area contributed by atoms with Crippen LogP contribution in [0.4, 0.5) is 0 Å². The summed E-state index contributed by atoms with van der Waals surface area (Å²) in [5, 5.41) is 0. The topological polar surface area (TPSA) is 9.23 Å². The van der Waals surface area contributed by atoms with E-state index in [0.29, 0.717) is 10.7 Å². The quantitative estimate of drug-likeness (QED) is 0.742. The zero-order valence-electron chi connectivity index (χ0n) is 9.79. The van der Waals surface area contributed by atoms with Crippen LogP contribution in [-0.4, -0.2) is 11.4 Å². The first-order valence-corrected chi connectivity index (χ1v) is 7.10. The first kappa shape index (κ1) is 12.0. The first-order valence-electron chi connectivity index (χ1n) is 6.18. The Morgan fingerprint density at radius 1 is 1.25 bits per heavy atom. The summed E-state index contributed by atoms with van der Waals surface area (Å²) < 4.78 is 5.72. The van der Waals surface area contributed by atoms with Crippen molar-refractivity contribution in [2.24, 2.45) is 0 Å². The highest BCUT2D eigenvalue weighted by atomic mass is 79.9. The molecule has 2 atom stereocenters. The number of benzene rings is 1. The minimum absolute atomic E-state index is 0.614. The molecule has 1 aliphatic carbocycles. The number of alkyl halides is 1. The summed E-state index contributed by atoms with van der Waals surface area (Å²) in [5.74, 6) is 1.69. The van der Waals surface area contributed by atoms with Crippen LogP contribution in [0.25, 0.3) is 0 Å². The Kier molecular flexibility index (Phi) is 4.28. The second-order valence-corrected chi connectivity index (χ2v) is 5.55. The van der Waals surface area contributed by atoms with Gasteiger partial charge in [-0.15, -0.1) is 0 Å². The van der Waals surface area contributed by atoms with E-state index >= 15 is 0 Å². The molecule has 2 rings (SSSR count). The van der Waals surface area contributed by atoms with E-state index in [1.165, 1.54) is 31.2 Å². The zero-order chi connectivity index (χ0) is 11.4. The van der Waals surface area contributed by atoms with Gasteiger partial charge in [-0.05, 0) is 31.4 Å². The molecule has 1 fully saturated rings. The summed E-state index contributed by atoms with van der Waals surface area (Å²) in [7, 11) is 0. The van der Waals surface area contributed by atoms with Crippen LogP contribution in [0.1, 0.15) is 44.1 Å². The molecule has 0 spiro atoms. The third-order valence-corrected chi connectivity index (χ3v) is 4.40. The van der Waals surface area contributed by atoms with E-state index in [1.54, 1.807) is 0 Å². The molecule has 0 bridgehead atoms. The lowest BCUT2D eigenvalue weighted by molar-refractivity contribution is 0.329. The van der Waals surface area contributed by atoms with E-state index in [0.717, 1.165) is 12.4 Å². The van der Waals surface area contributed by atoms with Crippen LogP contribution < -0.4 is 4.74 Å². The largest absolute Gasteiger partial charge is 0.494 e. The first-order chi connectivity index (χ1) is 7.83. The fourth-order valence-corrected chi connectivity index (χ4v) is 3.38. The van der Waals surface area contributed by atoms with Crippen molar-refractivity contribution >= 4 is 15.9 Å². The van der Waals surface area contributed by atoms with E-state index in [9.17, 15) is 0 Å². The van der Waals surface area contributed by atoms with Crippen molar-refractivity contribution in [1.29, 1.82) is 0 Å². The van der Waals surface area contributed by atoms with E-state index in [1.807, 2.05) is 6.92 Å². The Bertz CT molecular complexity index is 337. The van der Waals surface area contributed by atoms with Gasteiger partial charge in [0.05, 0.1) is 6.61 Å². The predicted molar refractivity (Wildman–Crippen MR) is 71.5 cm³/mol. The molecule has 1 nitrogen and oxygen atoms in total. The summed E-state index contributed by atoms with van der Waals surface area (Å²) in [4.78, 5) is 0.614. The van der Waals surface area contributed by atoms with Gasteiger partial charge in [-0.2, -0.15) is 0 Å². The van der Waals surface area contributed by atoms with Crippen molar-refractivity contribution < 1.29 is 4.74 Å². The summed E-state index contributed by atoms with van der Waals surface area (Å²) in [6.45, 7) is 2.79. The van der Waals surface area contributed by atoms with Gasteiger partial charge in [-0.25, -0.2) is 0 Å². The van der Waals surface area contributed by atoms with E-state index in [-0.39, 0.29) is 0 Å². The van der Waals surface area contributed by atoms with E-state index in [4.69, 9.17) is 4.74 Å². The molecule has 1 aromatic carbocycles. The van der Waals surface area contributed by atoms with Gasteiger partial charge in [-0.3, -0.25) is 0 Å². The average Bonchev–Trinajstić information content (AvgIpc) is 2.31. The normalized spacial score (nSPS) is 25.4. The maximum Gasteiger partial charge on any atom is 0.122 e. The molecule has 1 aromatic rings. The molecule has 1 aliphatic rings. The van der Waals surface area contributed by atoms with Crippen LogP contribution in [0.3, 0.4) is 0 Å². The Hall–Kier alpha value is -0.500. The van der Waals surface area contributed by atoms with Crippen LogP contribution in [-0.2, 0) is 0 Å². The monoisotopic (exact) mass is 282 g/mol. The molecule has 2 unspecified atom stereocenters. The zero-order valence-corrected chi connectivity index (χ0v) is 11.4. The average molecular weight is 283 g/mol. The van der Waals surface area contributed by atoms with Crippen LogP contribution in [0.15, 0.2) is 24.3 Å². The number of para-hydroxylation sites is 1. The van der Waals surface area contributed by atoms with E-state index < -0.39 is 0 Å². The smallest absolute Gasteiger partial charge is 0.122 e. The molecule has 0 radical (unpaired) electrons. The van der Waals surface area contributed by atoms with Crippen molar-refractivity contribution in [2.75, 3.05) is 6.61 Å². The molecule has 0 aliphatic heterocycles. The van der Waals surface area contributed by atoms with Crippen molar-refractivity contribution in [3.63, 3.8) is 0 Å². The second-order valence-electron chi connectivity index (χ2n) is 4.38. The standard InChI is InChI=1S/C14H19BrO/c1-2-16-14-10-6-4-8-12(14)11-7-3-5-9-13(11)15/h4,6,8,10-11,13H,2-3,5,7,9H2,1H3. The summed E-state index contributed by atoms with van der Waals surface area (Å²) in [5.41, 5.74) is 1.38. The number of hydrogen-bond donors (Lipinski definition) is 0. The highest BCUT2D eigenvalue weighted by molar-refractivity contribution is 9.09. The van der Waals surface area contributed by atoms with Crippen LogP contribution >= 0.6 is 15.9 Å². The molecule has 1 saturated carbocycles. The Morgan fingerprint density at radius 3 is 2.75 bits per heavy atom. The number of ether oxygens (including phenoxy) is 1. The third-order valence-electron chi connectivity index (χ3n) is 3.30. The SMILES string of the molecule is CCOc1ccccc1C1CCCCC1Br. The highest BCUT2D eigenvalue weighted by Gasteiger charge is 2.26. The predicted octanol–water partition coefficient (Wildman–Crippen LogP) is 4.51. The van der Waals surface area contributed by atoms with Crippen LogP contribution in [0.5, 0.6) is 5.75 Å². The molecular weight excluding hydrogens is 264 g/mol. The molecule has 0 heterocycles. The Labute approximate surface area is 106 Å². The lowest BCUT2D eigenvalue weighted by atomic mass is 9.83. The van der Waals surface area contributed by atoms with Crippen molar-refractivity contribution in [3.8, 4) is 5.75 Å². The van der Waals surface area contributed by atoms with Gasteiger partial charge in [0.25, 0.3) is 0 Å². The molecule has 0 amide bonds. The Balaban J connectivity index is 2.23. The van der Waals surface area contributed by atoms with Gasteiger partial charge in [-0.1, -0.05) is 47.0 Å². The van der Waals surface area contributed by atoms with Gasteiger partial charge in [0.1, 0.15) is 5.75 Å². The van der Waals surface area contributed by atoms with Gasteiger partial charge in [0, 0.05) is 10.7 Å². The van der Waals surface area contributed by atoms with Gasteiger partial charge in [0.15, 0.2) is 0 Å². The molecular formula is C14H19BrO. The fraction of sp³-hybridized carbons (Fsp3) is 0.571. The van der Waals surface area contributed by atoms with Crippen LogP contribution in [0, 0.1) is 0 Å². The number of hydrogen-bond acceptors (Lipinski definition) is 1. The second kappa shape index (κ2) is 5.72. The van der Waals surface area contributed by atoms with Crippen molar-refractivity contribution in [1.82, 2.24) is 0 Å². The van der Waals surface area contributed by atoms with Gasteiger partial charge < -0.3 is 4.74 Å². The lowest BCUT2D eigenvalue weighted by Gasteiger charge is -2.29. The van der Waals surface area contributed by atoms with Gasteiger partial charge in [0.2, 0.25) is 0 Å². The minimum Gasteiger partial charge on any atom is -0.494 e. The third kappa shape index (κ3) is 2.60. The lowest BCUT2D eigenvalue weighted by Crippen LogP contribution is -2.18. The number of rotatable bonds is 3. The molecule has 0 saturated heterocycles. The minimum atomic E-state index is 0.614. The molecule has 2 heteroatoms. The summed E-state index contributed by atoms with van der Waals surface area (Å²) in [6.07, 6.45) is 5.25. The molecule has 0 aromatic heterocycles. The number of halogens is 1. The van der Waals surface area contributed by atoms with Crippen LogP contribution in [0.2, 0.25) is 0 Å². The highest BCUT2D eigenvalue weighted by Crippen LogP contribution is 2.40. The Morgan fingerprint density at radius 2 is 2.00 bits per heavy atom. The molecule has 16 heavy (non-hydrogen) atoms. The summed E-state index contributed by atoms with van der Waals surface area (Å²) >= 11 is 3.82.